The van der Waals surface area contributed by atoms with Crippen LogP contribution in [-0.2, 0) is 0 Å². The van der Waals surface area contributed by atoms with Gasteiger partial charge < -0.3 is 16.4 Å². The van der Waals surface area contributed by atoms with Crippen LogP contribution in [-0.4, -0.2) is 19.5 Å². The number of fused-ring (bicyclic) bond motifs is 1. The molecule has 0 saturated carbocycles. The van der Waals surface area contributed by atoms with Crippen molar-refractivity contribution in [3.05, 3.63) is 11.5 Å². The Balaban J connectivity index is 2.25. The molecule has 1 fully saturated rings. The zero-order valence-electron chi connectivity index (χ0n) is 5.57. The average Bonchev–Trinajstić information content (AvgIpc) is 2.36. The molecular formula is C5H11N5. The summed E-state index contributed by atoms with van der Waals surface area (Å²) in [5.74, 6) is 0.744. The van der Waals surface area contributed by atoms with Gasteiger partial charge in [-0.05, 0) is 0 Å². The standard InChI is InChI=1S/C5H11N5/c6-4-3-5(9-1-7-3)10-2-8-4/h5,7-10H,1-2,6H2. The van der Waals surface area contributed by atoms with Gasteiger partial charge in [0.05, 0.1) is 19.0 Å². The van der Waals surface area contributed by atoms with Gasteiger partial charge in [-0.15, -0.1) is 0 Å². The van der Waals surface area contributed by atoms with E-state index >= 15 is 0 Å². The molecule has 1 atom stereocenters. The zero-order valence-corrected chi connectivity index (χ0v) is 5.57. The third kappa shape index (κ3) is 0.714. The summed E-state index contributed by atoms with van der Waals surface area (Å²) in [7, 11) is 0. The summed E-state index contributed by atoms with van der Waals surface area (Å²) in [6, 6.07) is 0. The van der Waals surface area contributed by atoms with E-state index in [4.69, 9.17) is 5.73 Å². The molecule has 1 saturated heterocycles. The molecule has 0 amide bonds. The minimum atomic E-state index is 0.223. The van der Waals surface area contributed by atoms with Gasteiger partial charge in [0.25, 0.3) is 0 Å². The molecule has 5 heteroatoms. The van der Waals surface area contributed by atoms with Gasteiger partial charge in [-0.1, -0.05) is 0 Å². The highest BCUT2D eigenvalue weighted by Gasteiger charge is 2.24. The summed E-state index contributed by atoms with van der Waals surface area (Å²) in [6.07, 6.45) is 0.223. The topological polar surface area (TPSA) is 74.1 Å². The Bertz CT molecular complexity index is 175. The highest BCUT2D eigenvalue weighted by atomic mass is 15.3. The first-order chi connectivity index (χ1) is 4.88. The fourth-order valence-corrected chi connectivity index (χ4v) is 1.22. The quantitative estimate of drug-likeness (QED) is 0.263. The molecule has 5 nitrogen and oxygen atoms in total. The molecule has 0 spiro atoms. The van der Waals surface area contributed by atoms with Gasteiger partial charge in [0.1, 0.15) is 12.0 Å². The normalized spacial score (nSPS) is 31.0. The van der Waals surface area contributed by atoms with Crippen molar-refractivity contribution in [1.29, 1.82) is 0 Å². The van der Waals surface area contributed by atoms with Crippen LogP contribution in [0.1, 0.15) is 0 Å². The predicted octanol–water partition coefficient (Wildman–Crippen LogP) is -2.26. The largest absolute Gasteiger partial charge is 0.384 e. The van der Waals surface area contributed by atoms with Gasteiger partial charge in [-0.2, -0.15) is 0 Å². The van der Waals surface area contributed by atoms with Crippen LogP contribution in [0.15, 0.2) is 11.5 Å². The monoisotopic (exact) mass is 141 g/mol. The van der Waals surface area contributed by atoms with E-state index in [-0.39, 0.29) is 6.17 Å². The molecule has 0 aliphatic carbocycles. The second-order valence-electron chi connectivity index (χ2n) is 2.38. The number of hydrogen-bond donors (Lipinski definition) is 5. The highest BCUT2D eigenvalue weighted by Crippen LogP contribution is 2.04. The van der Waals surface area contributed by atoms with Crippen LogP contribution < -0.4 is 27.0 Å². The predicted molar refractivity (Wildman–Crippen MR) is 37.3 cm³/mol. The lowest BCUT2D eigenvalue weighted by Gasteiger charge is -2.22. The van der Waals surface area contributed by atoms with E-state index in [1.807, 2.05) is 0 Å². The van der Waals surface area contributed by atoms with Crippen molar-refractivity contribution in [3.8, 4) is 0 Å². The Morgan fingerprint density at radius 1 is 1.20 bits per heavy atom. The van der Waals surface area contributed by atoms with Gasteiger partial charge in [-0.25, -0.2) is 0 Å². The molecule has 0 aromatic carbocycles. The van der Waals surface area contributed by atoms with E-state index < -0.39 is 0 Å². The van der Waals surface area contributed by atoms with Crippen molar-refractivity contribution in [2.45, 2.75) is 6.17 Å². The van der Waals surface area contributed by atoms with Crippen LogP contribution in [0.4, 0.5) is 0 Å². The summed E-state index contributed by atoms with van der Waals surface area (Å²) in [5.41, 5.74) is 6.68. The van der Waals surface area contributed by atoms with Gasteiger partial charge in [-0.3, -0.25) is 10.6 Å². The van der Waals surface area contributed by atoms with Crippen LogP contribution in [0, 0.1) is 0 Å². The number of nitrogens with one attached hydrogen (secondary N) is 4. The first-order valence-corrected chi connectivity index (χ1v) is 3.32. The molecule has 56 valence electrons. The van der Waals surface area contributed by atoms with E-state index in [2.05, 4.69) is 21.3 Å². The summed E-state index contributed by atoms with van der Waals surface area (Å²) < 4.78 is 0. The fraction of sp³-hybridized carbons (Fsp3) is 0.600. The van der Waals surface area contributed by atoms with Crippen molar-refractivity contribution < 1.29 is 0 Å². The maximum absolute atomic E-state index is 5.65. The molecule has 6 N–H and O–H groups in total. The Hall–Kier alpha value is -0.940. The Labute approximate surface area is 59.0 Å². The number of nitrogens with two attached hydrogens (primary N) is 1. The van der Waals surface area contributed by atoms with Gasteiger partial charge in [0.2, 0.25) is 0 Å². The molecule has 2 heterocycles. The summed E-state index contributed by atoms with van der Waals surface area (Å²) in [4.78, 5) is 0. The third-order valence-corrected chi connectivity index (χ3v) is 1.75. The zero-order chi connectivity index (χ0) is 6.97. The Morgan fingerprint density at radius 2 is 1.90 bits per heavy atom. The maximum Gasteiger partial charge on any atom is 0.120 e. The van der Waals surface area contributed by atoms with E-state index in [0.717, 1.165) is 24.9 Å². The molecular weight excluding hydrogens is 130 g/mol. The first-order valence-electron chi connectivity index (χ1n) is 3.32. The highest BCUT2D eigenvalue weighted by molar-refractivity contribution is 5.19. The van der Waals surface area contributed by atoms with Crippen LogP contribution in [0.25, 0.3) is 0 Å². The molecule has 0 aromatic rings. The fourth-order valence-electron chi connectivity index (χ4n) is 1.22. The lowest BCUT2D eigenvalue weighted by atomic mass is 10.3. The molecule has 0 radical (unpaired) electrons. The molecule has 2 aliphatic heterocycles. The van der Waals surface area contributed by atoms with Crippen molar-refractivity contribution >= 4 is 0 Å². The first kappa shape index (κ1) is 5.82. The minimum Gasteiger partial charge on any atom is -0.384 e. The van der Waals surface area contributed by atoms with E-state index in [1.165, 1.54) is 0 Å². The maximum atomic E-state index is 5.65. The molecule has 2 rings (SSSR count). The number of hydrogen-bond acceptors (Lipinski definition) is 5. The third-order valence-electron chi connectivity index (χ3n) is 1.75. The van der Waals surface area contributed by atoms with Crippen molar-refractivity contribution in [3.63, 3.8) is 0 Å². The summed E-state index contributed by atoms with van der Waals surface area (Å²) in [5, 5.41) is 12.5. The second-order valence-corrected chi connectivity index (χ2v) is 2.38. The van der Waals surface area contributed by atoms with Crippen LogP contribution >= 0.6 is 0 Å². The smallest absolute Gasteiger partial charge is 0.120 e. The molecule has 0 aromatic heterocycles. The second kappa shape index (κ2) is 2.03. The number of rotatable bonds is 0. The van der Waals surface area contributed by atoms with Gasteiger partial charge >= 0.3 is 0 Å². The summed E-state index contributed by atoms with van der Waals surface area (Å²) >= 11 is 0. The van der Waals surface area contributed by atoms with Crippen molar-refractivity contribution in [1.82, 2.24) is 21.3 Å². The average molecular weight is 141 g/mol. The van der Waals surface area contributed by atoms with Gasteiger partial charge in [0, 0.05) is 0 Å². The summed E-state index contributed by atoms with van der Waals surface area (Å²) in [6.45, 7) is 1.52. The molecule has 10 heavy (non-hydrogen) atoms. The van der Waals surface area contributed by atoms with Gasteiger partial charge in [0.15, 0.2) is 0 Å². The minimum absolute atomic E-state index is 0.223. The molecule has 1 unspecified atom stereocenters. The molecule has 2 aliphatic rings. The lowest BCUT2D eigenvalue weighted by Crippen LogP contribution is -2.50. The van der Waals surface area contributed by atoms with Crippen LogP contribution in [0.3, 0.4) is 0 Å². The Kier molecular flexibility index (Phi) is 1.18. The van der Waals surface area contributed by atoms with Crippen molar-refractivity contribution in [2.75, 3.05) is 13.3 Å². The van der Waals surface area contributed by atoms with Crippen LogP contribution in [0.5, 0.6) is 0 Å². The SMILES string of the molecule is NC1=C2NCNC2NCN1. The van der Waals surface area contributed by atoms with Crippen molar-refractivity contribution in [2.24, 2.45) is 5.73 Å². The van der Waals surface area contributed by atoms with E-state index in [1.54, 1.807) is 0 Å². The van der Waals surface area contributed by atoms with E-state index in [0.29, 0.717) is 0 Å². The Morgan fingerprint density at radius 3 is 2.60 bits per heavy atom. The molecule has 0 bridgehead atoms. The van der Waals surface area contributed by atoms with Crippen LogP contribution in [0.2, 0.25) is 0 Å². The lowest BCUT2D eigenvalue weighted by molar-refractivity contribution is 0.478. The van der Waals surface area contributed by atoms with E-state index in [9.17, 15) is 0 Å².